The molecule has 4 nitrogen and oxygen atoms in total. The average molecular weight is 200 g/mol. The van der Waals surface area contributed by atoms with Gasteiger partial charge in [0.15, 0.2) is 0 Å². The highest BCUT2D eigenvalue weighted by atomic mass is 16.5. The van der Waals surface area contributed by atoms with Crippen LogP contribution >= 0.6 is 0 Å². The van der Waals surface area contributed by atoms with Crippen LogP contribution in [0.3, 0.4) is 0 Å². The Morgan fingerprint density at radius 2 is 1.93 bits per heavy atom. The number of hydrogen-bond donors (Lipinski definition) is 2. The number of hydrazine groups is 1. The lowest BCUT2D eigenvalue weighted by Gasteiger charge is -2.28. The summed E-state index contributed by atoms with van der Waals surface area (Å²) in [7, 11) is 0. The molecular formula is C10H20N2O2. The number of amides is 1. The van der Waals surface area contributed by atoms with Crippen molar-refractivity contribution in [3.8, 4) is 0 Å². The molecule has 0 aromatic carbocycles. The van der Waals surface area contributed by atoms with Gasteiger partial charge in [0.1, 0.15) is 0 Å². The highest BCUT2D eigenvalue weighted by molar-refractivity contribution is 5.77. The van der Waals surface area contributed by atoms with Crippen LogP contribution in [0, 0.1) is 5.92 Å². The summed E-state index contributed by atoms with van der Waals surface area (Å²) in [6.45, 7) is 4.08. The topological polar surface area (TPSA) is 64.3 Å². The number of rotatable bonds is 3. The molecule has 0 aliphatic heterocycles. The Morgan fingerprint density at radius 1 is 1.36 bits per heavy atom. The van der Waals surface area contributed by atoms with Crippen molar-refractivity contribution < 1.29 is 9.53 Å². The minimum Gasteiger partial charge on any atom is -0.376 e. The maximum absolute atomic E-state index is 11.2. The molecule has 1 fully saturated rings. The molecule has 1 amide bonds. The monoisotopic (exact) mass is 200 g/mol. The number of carbonyl (C=O) groups is 1. The Labute approximate surface area is 85.2 Å². The summed E-state index contributed by atoms with van der Waals surface area (Å²) in [4.78, 5) is 11.2. The molecule has 1 aliphatic rings. The van der Waals surface area contributed by atoms with Crippen LogP contribution < -0.4 is 11.3 Å². The fourth-order valence-electron chi connectivity index (χ4n) is 1.96. The molecule has 14 heavy (non-hydrogen) atoms. The van der Waals surface area contributed by atoms with Gasteiger partial charge in [-0.05, 0) is 39.5 Å². The SMILES string of the molecule is CC(C)OC1CCC(C(=O)NN)CC1. The van der Waals surface area contributed by atoms with Gasteiger partial charge in [-0.2, -0.15) is 0 Å². The van der Waals surface area contributed by atoms with E-state index in [1.165, 1.54) is 0 Å². The first-order chi connectivity index (χ1) is 6.63. The second-order valence-corrected chi connectivity index (χ2v) is 4.17. The van der Waals surface area contributed by atoms with Crippen molar-refractivity contribution >= 4 is 5.91 Å². The molecule has 0 radical (unpaired) electrons. The lowest BCUT2D eigenvalue weighted by atomic mass is 9.87. The zero-order valence-corrected chi connectivity index (χ0v) is 8.95. The molecule has 0 aromatic heterocycles. The van der Waals surface area contributed by atoms with E-state index >= 15 is 0 Å². The standard InChI is InChI=1S/C10H20N2O2/c1-7(2)14-9-5-3-8(4-6-9)10(13)12-11/h7-9H,3-6,11H2,1-2H3,(H,12,13). The summed E-state index contributed by atoms with van der Waals surface area (Å²) in [5, 5.41) is 0. The lowest BCUT2D eigenvalue weighted by Crippen LogP contribution is -2.38. The van der Waals surface area contributed by atoms with Crippen molar-refractivity contribution in [3.63, 3.8) is 0 Å². The minimum absolute atomic E-state index is 0.0343. The molecule has 3 N–H and O–H groups in total. The molecule has 82 valence electrons. The summed E-state index contributed by atoms with van der Waals surface area (Å²) in [5.41, 5.74) is 2.21. The van der Waals surface area contributed by atoms with Gasteiger partial charge >= 0.3 is 0 Å². The van der Waals surface area contributed by atoms with E-state index < -0.39 is 0 Å². The summed E-state index contributed by atoms with van der Waals surface area (Å²) in [5.74, 6) is 5.14. The maximum Gasteiger partial charge on any atom is 0.236 e. The van der Waals surface area contributed by atoms with Gasteiger partial charge in [0.05, 0.1) is 12.2 Å². The van der Waals surface area contributed by atoms with Gasteiger partial charge in [0.2, 0.25) is 5.91 Å². The molecule has 0 heterocycles. The van der Waals surface area contributed by atoms with Gasteiger partial charge in [-0.3, -0.25) is 10.2 Å². The molecule has 1 aliphatic carbocycles. The average Bonchev–Trinajstić information content (AvgIpc) is 2.17. The number of nitrogens with one attached hydrogen (secondary N) is 1. The fourth-order valence-corrected chi connectivity index (χ4v) is 1.96. The summed E-state index contributed by atoms with van der Waals surface area (Å²) >= 11 is 0. The Balaban J connectivity index is 2.27. The first kappa shape index (κ1) is 11.5. The van der Waals surface area contributed by atoms with Crippen LogP contribution in [0.2, 0.25) is 0 Å². The predicted molar refractivity (Wildman–Crippen MR) is 54.3 cm³/mol. The maximum atomic E-state index is 11.2. The third-order valence-electron chi connectivity index (χ3n) is 2.65. The largest absolute Gasteiger partial charge is 0.376 e. The van der Waals surface area contributed by atoms with Crippen LogP contribution in [0.15, 0.2) is 0 Å². The van der Waals surface area contributed by atoms with Crippen molar-refractivity contribution in [2.45, 2.75) is 51.7 Å². The molecule has 0 bridgehead atoms. The fraction of sp³-hybridized carbons (Fsp3) is 0.900. The molecule has 0 saturated heterocycles. The highest BCUT2D eigenvalue weighted by Gasteiger charge is 2.26. The van der Waals surface area contributed by atoms with E-state index in [1.807, 2.05) is 13.8 Å². The van der Waals surface area contributed by atoms with Gasteiger partial charge in [-0.15, -0.1) is 0 Å². The number of hydrogen-bond acceptors (Lipinski definition) is 3. The minimum atomic E-state index is -0.0343. The van der Waals surface area contributed by atoms with Crippen LogP contribution in [-0.2, 0) is 9.53 Å². The van der Waals surface area contributed by atoms with E-state index in [4.69, 9.17) is 10.6 Å². The zero-order chi connectivity index (χ0) is 10.6. The van der Waals surface area contributed by atoms with Crippen LogP contribution in [-0.4, -0.2) is 18.1 Å². The molecule has 1 saturated carbocycles. The molecule has 0 spiro atoms. The Bertz CT molecular complexity index is 187. The Kier molecular flexibility index (Phi) is 4.35. The van der Waals surface area contributed by atoms with E-state index in [0.29, 0.717) is 6.10 Å². The molecular weight excluding hydrogens is 180 g/mol. The van der Waals surface area contributed by atoms with E-state index in [9.17, 15) is 4.79 Å². The predicted octanol–water partition coefficient (Wildman–Crippen LogP) is 0.960. The van der Waals surface area contributed by atoms with Crippen molar-refractivity contribution in [2.75, 3.05) is 0 Å². The van der Waals surface area contributed by atoms with Crippen LogP contribution in [0.25, 0.3) is 0 Å². The van der Waals surface area contributed by atoms with Gasteiger partial charge in [-0.25, -0.2) is 5.84 Å². The van der Waals surface area contributed by atoms with Crippen LogP contribution in [0.4, 0.5) is 0 Å². The smallest absolute Gasteiger partial charge is 0.236 e. The normalized spacial score (nSPS) is 27.7. The third kappa shape index (κ3) is 3.27. The summed E-state index contributed by atoms with van der Waals surface area (Å²) < 4.78 is 5.69. The number of ether oxygens (including phenoxy) is 1. The molecule has 4 heteroatoms. The zero-order valence-electron chi connectivity index (χ0n) is 8.95. The molecule has 0 unspecified atom stereocenters. The first-order valence-electron chi connectivity index (χ1n) is 5.29. The van der Waals surface area contributed by atoms with Crippen molar-refractivity contribution in [3.05, 3.63) is 0 Å². The highest BCUT2D eigenvalue weighted by Crippen LogP contribution is 2.26. The quantitative estimate of drug-likeness (QED) is 0.405. The van der Waals surface area contributed by atoms with Gasteiger partial charge < -0.3 is 4.74 Å². The molecule has 0 aromatic rings. The van der Waals surface area contributed by atoms with E-state index in [0.717, 1.165) is 25.7 Å². The second kappa shape index (κ2) is 5.32. The van der Waals surface area contributed by atoms with Crippen molar-refractivity contribution in [1.29, 1.82) is 0 Å². The number of nitrogens with two attached hydrogens (primary N) is 1. The first-order valence-corrected chi connectivity index (χ1v) is 5.29. The van der Waals surface area contributed by atoms with Gasteiger partial charge in [0, 0.05) is 5.92 Å². The van der Waals surface area contributed by atoms with Crippen molar-refractivity contribution in [2.24, 2.45) is 11.8 Å². The van der Waals surface area contributed by atoms with Crippen LogP contribution in [0.5, 0.6) is 0 Å². The third-order valence-corrected chi connectivity index (χ3v) is 2.65. The van der Waals surface area contributed by atoms with E-state index in [-0.39, 0.29) is 17.9 Å². The van der Waals surface area contributed by atoms with Gasteiger partial charge in [-0.1, -0.05) is 0 Å². The van der Waals surface area contributed by atoms with Crippen molar-refractivity contribution in [1.82, 2.24) is 5.43 Å². The van der Waals surface area contributed by atoms with E-state index in [1.54, 1.807) is 0 Å². The molecule has 0 atom stereocenters. The summed E-state index contributed by atoms with van der Waals surface area (Å²) in [6.07, 6.45) is 4.32. The Hall–Kier alpha value is -0.610. The van der Waals surface area contributed by atoms with Crippen LogP contribution in [0.1, 0.15) is 39.5 Å². The summed E-state index contributed by atoms with van der Waals surface area (Å²) in [6, 6.07) is 0. The lowest BCUT2D eigenvalue weighted by molar-refractivity contribution is -0.127. The van der Waals surface area contributed by atoms with Gasteiger partial charge in [0.25, 0.3) is 0 Å². The van der Waals surface area contributed by atoms with E-state index in [2.05, 4.69) is 5.43 Å². The second-order valence-electron chi connectivity index (χ2n) is 4.17. The molecule has 1 rings (SSSR count). The Morgan fingerprint density at radius 3 is 2.36 bits per heavy atom. The number of carbonyl (C=O) groups excluding carboxylic acids is 1.